The second-order valence-corrected chi connectivity index (χ2v) is 13.7. The Morgan fingerprint density at radius 1 is 0.921 bits per heavy atom. The minimum absolute atomic E-state index is 0.00689. The summed E-state index contributed by atoms with van der Waals surface area (Å²) in [6.07, 6.45) is 8.53. The molecular formula is C29H44O9. The zero-order chi connectivity index (χ0) is 28.1. The summed E-state index contributed by atoms with van der Waals surface area (Å²) in [4.78, 5) is 26.1. The smallest absolute Gasteiger partial charge is 0.335 e. The lowest BCUT2D eigenvalue weighted by Crippen LogP contribution is -2.73. The summed E-state index contributed by atoms with van der Waals surface area (Å²) >= 11 is 0. The van der Waals surface area contributed by atoms with Crippen LogP contribution in [-0.2, 0) is 14.3 Å². The molecule has 0 bridgehead atoms. The van der Waals surface area contributed by atoms with Gasteiger partial charge in [-0.1, -0.05) is 39.2 Å². The number of cyclic esters (lactones) is 1. The quantitative estimate of drug-likeness (QED) is 0.232. The zero-order valence-electron chi connectivity index (χ0n) is 22.9. The van der Waals surface area contributed by atoms with Crippen molar-refractivity contribution >= 4 is 11.8 Å². The van der Waals surface area contributed by atoms with Crippen molar-refractivity contribution in [2.75, 3.05) is 0 Å². The fraction of sp³-hybridized carbons (Fsp3) is 0.862. The highest BCUT2D eigenvalue weighted by Crippen LogP contribution is 2.67. The summed E-state index contributed by atoms with van der Waals surface area (Å²) in [6, 6.07) is 0. The van der Waals surface area contributed by atoms with Crippen LogP contribution in [0.4, 0.5) is 0 Å². The molecule has 0 radical (unpaired) electrons. The van der Waals surface area contributed by atoms with Gasteiger partial charge < -0.3 is 35.4 Å². The summed E-state index contributed by atoms with van der Waals surface area (Å²) in [5.74, 6) is -9.54. The highest BCUT2D eigenvalue weighted by molar-refractivity contribution is 5.94. The van der Waals surface area contributed by atoms with E-state index in [0.717, 1.165) is 51.4 Å². The van der Waals surface area contributed by atoms with Crippen LogP contribution >= 0.6 is 0 Å². The third-order valence-corrected chi connectivity index (χ3v) is 12.0. The molecule has 10 atom stereocenters. The standard InChI is InChI=1S/C29H44O9/c1-15(23-14-27(32,16(2)24(31)38-23)28(33,34)29(35,36)37)18-8-9-19-17-13-22(30)21-7-5-6-11-25(21,3)20(17)10-12-26(18,19)4/h13,15-16,18-21,23,32-37H,5-12,14H2,1-4H3/t15-,16?,18+,19-,20-,21?,23?,25+,26+,27-/m0/s1. The number of esters is 1. The Bertz CT molecular complexity index is 1030. The molecule has 0 spiro atoms. The van der Waals surface area contributed by atoms with Gasteiger partial charge in [0, 0.05) is 12.3 Å². The first-order chi connectivity index (χ1) is 17.5. The predicted molar refractivity (Wildman–Crippen MR) is 135 cm³/mol. The summed E-state index contributed by atoms with van der Waals surface area (Å²) in [7, 11) is 0. The molecule has 4 aliphatic carbocycles. The monoisotopic (exact) mass is 536 g/mol. The van der Waals surface area contributed by atoms with Crippen LogP contribution < -0.4 is 0 Å². The number of aliphatic hydroxyl groups is 6. The van der Waals surface area contributed by atoms with Crippen LogP contribution in [0.15, 0.2) is 11.6 Å². The molecule has 0 aromatic carbocycles. The number of ketones is 1. The zero-order valence-corrected chi connectivity index (χ0v) is 22.9. The molecule has 3 unspecified atom stereocenters. The van der Waals surface area contributed by atoms with E-state index in [1.807, 2.05) is 13.0 Å². The Kier molecular flexibility index (Phi) is 6.54. The Labute approximate surface area is 223 Å². The van der Waals surface area contributed by atoms with Crippen molar-refractivity contribution in [1.29, 1.82) is 0 Å². The fourth-order valence-corrected chi connectivity index (χ4v) is 9.58. The van der Waals surface area contributed by atoms with Crippen molar-refractivity contribution in [3.63, 3.8) is 0 Å². The lowest BCUT2D eigenvalue weighted by atomic mass is 9.47. The molecule has 0 aromatic heterocycles. The van der Waals surface area contributed by atoms with Gasteiger partial charge in [-0.3, -0.25) is 9.59 Å². The van der Waals surface area contributed by atoms with Crippen LogP contribution in [0.5, 0.6) is 0 Å². The average Bonchev–Trinajstić information content (AvgIpc) is 3.18. The van der Waals surface area contributed by atoms with Crippen molar-refractivity contribution in [3.8, 4) is 0 Å². The first kappa shape index (κ1) is 28.2. The Morgan fingerprint density at radius 3 is 2.24 bits per heavy atom. The van der Waals surface area contributed by atoms with Crippen molar-refractivity contribution < 1.29 is 45.0 Å². The molecule has 4 fully saturated rings. The molecule has 1 aliphatic heterocycles. The lowest BCUT2D eigenvalue weighted by Gasteiger charge is -2.57. The second kappa shape index (κ2) is 8.82. The molecule has 3 saturated carbocycles. The van der Waals surface area contributed by atoms with Gasteiger partial charge in [-0.05, 0) is 86.0 Å². The molecule has 9 heteroatoms. The van der Waals surface area contributed by atoms with Gasteiger partial charge in [-0.2, -0.15) is 0 Å². The summed E-state index contributed by atoms with van der Waals surface area (Å²) in [6.45, 7) is 7.66. The average molecular weight is 537 g/mol. The lowest BCUT2D eigenvalue weighted by molar-refractivity contribution is -0.488. The number of hydrogen-bond acceptors (Lipinski definition) is 9. The SMILES string of the molecule is CC1C(=O)OC([C@@H](C)[C@H]2CC[C@H]3C4=CC(=O)C5CCCC[C@]5(C)[C@H]4CC[C@]23C)C[C@@]1(O)C(O)(O)C(O)(O)O. The van der Waals surface area contributed by atoms with Gasteiger partial charge in [0.25, 0.3) is 5.79 Å². The maximum atomic E-state index is 13.3. The normalized spacial score (nSPS) is 46.4. The molecular weight excluding hydrogens is 492 g/mol. The molecule has 214 valence electrons. The number of rotatable bonds is 4. The van der Waals surface area contributed by atoms with Crippen molar-refractivity contribution in [2.45, 2.75) is 109 Å². The molecule has 1 heterocycles. The number of hydrogen-bond donors (Lipinski definition) is 6. The molecule has 38 heavy (non-hydrogen) atoms. The Morgan fingerprint density at radius 2 is 1.58 bits per heavy atom. The van der Waals surface area contributed by atoms with E-state index < -0.39 is 41.8 Å². The van der Waals surface area contributed by atoms with E-state index in [9.17, 15) is 40.2 Å². The van der Waals surface area contributed by atoms with E-state index in [2.05, 4.69) is 13.8 Å². The third kappa shape index (κ3) is 3.72. The minimum atomic E-state index is -4.06. The molecule has 1 saturated heterocycles. The van der Waals surface area contributed by atoms with Gasteiger partial charge in [0.2, 0.25) is 0 Å². The third-order valence-electron chi connectivity index (χ3n) is 12.0. The highest BCUT2D eigenvalue weighted by Gasteiger charge is 2.69. The molecule has 9 nitrogen and oxygen atoms in total. The predicted octanol–water partition coefficient (Wildman–Crippen LogP) is 1.76. The van der Waals surface area contributed by atoms with E-state index in [1.165, 1.54) is 12.5 Å². The molecule has 5 rings (SSSR count). The highest BCUT2D eigenvalue weighted by atomic mass is 16.7. The van der Waals surface area contributed by atoms with Crippen LogP contribution in [-0.4, -0.2) is 65.9 Å². The molecule has 5 aliphatic rings. The van der Waals surface area contributed by atoms with Crippen LogP contribution in [0.3, 0.4) is 0 Å². The summed E-state index contributed by atoms with van der Waals surface area (Å²) < 4.78 is 5.68. The molecule has 6 N–H and O–H groups in total. The largest absolute Gasteiger partial charge is 0.462 e. The van der Waals surface area contributed by atoms with E-state index >= 15 is 0 Å². The topological polar surface area (TPSA) is 165 Å². The van der Waals surface area contributed by atoms with E-state index in [-0.39, 0.29) is 40.3 Å². The van der Waals surface area contributed by atoms with Crippen molar-refractivity contribution in [2.24, 2.45) is 46.3 Å². The van der Waals surface area contributed by atoms with Gasteiger partial charge in [-0.15, -0.1) is 0 Å². The van der Waals surface area contributed by atoms with Crippen molar-refractivity contribution in [1.82, 2.24) is 0 Å². The number of ether oxygens (including phenoxy) is 1. The first-order valence-electron chi connectivity index (χ1n) is 14.3. The van der Waals surface area contributed by atoms with E-state index in [0.29, 0.717) is 5.92 Å². The van der Waals surface area contributed by atoms with Crippen LogP contribution in [0, 0.1) is 46.3 Å². The Hall–Kier alpha value is -1.36. The van der Waals surface area contributed by atoms with Gasteiger partial charge in [-0.25, -0.2) is 0 Å². The minimum Gasteiger partial charge on any atom is -0.462 e. The molecule has 0 amide bonds. The summed E-state index contributed by atoms with van der Waals surface area (Å²) in [5.41, 5.74) is -1.65. The fourth-order valence-electron chi connectivity index (χ4n) is 9.58. The first-order valence-corrected chi connectivity index (χ1v) is 14.3. The van der Waals surface area contributed by atoms with Gasteiger partial charge >= 0.3 is 11.9 Å². The van der Waals surface area contributed by atoms with Crippen LogP contribution in [0.1, 0.15) is 85.5 Å². The maximum Gasteiger partial charge on any atom is 0.335 e. The van der Waals surface area contributed by atoms with Gasteiger partial charge in [0.15, 0.2) is 5.78 Å². The van der Waals surface area contributed by atoms with Crippen molar-refractivity contribution in [3.05, 3.63) is 11.6 Å². The Balaban J connectivity index is 1.42. The van der Waals surface area contributed by atoms with Gasteiger partial charge in [0.1, 0.15) is 11.7 Å². The van der Waals surface area contributed by atoms with Gasteiger partial charge in [0.05, 0.1) is 5.92 Å². The molecule has 0 aromatic rings. The second-order valence-electron chi connectivity index (χ2n) is 13.7. The van der Waals surface area contributed by atoms with Crippen LogP contribution in [0.2, 0.25) is 0 Å². The number of carbonyl (C=O) groups is 2. The number of fused-ring (bicyclic) bond motifs is 5. The van der Waals surface area contributed by atoms with Crippen LogP contribution in [0.25, 0.3) is 0 Å². The number of carbonyl (C=O) groups excluding carboxylic acids is 2. The maximum absolute atomic E-state index is 13.3. The van der Waals surface area contributed by atoms with E-state index in [4.69, 9.17) is 4.74 Å². The number of allylic oxidation sites excluding steroid dienone is 2. The summed E-state index contributed by atoms with van der Waals surface area (Å²) in [5, 5.41) is 60.8. The van der Waals surface area contributed by atoms with E-state index in [1.54, 1.807) is 0 Å².